The molecule has 0 radical (unpaired) electrons. The minimum atomic E-state index is -0.837. The van der Waals surface area contributed by atoms with Crippen LogP contribution in [0.15, 0.2) is 24.5 Å². The number of carboxylic acid groups (broad SMARTS) is 1. The average Bonchev–Trinajstić information content (AvgIpc) is 3.00. The lowest BCUT2D eigenvalue weighted by molar-refractivity contribution is 0.132. The Hall–Kier alpha value is -2.45. The van der Waals surface area contributed by atoms with Gasteiger partial charge < -0.3 is 24.5 Å². The van der Waals surface area contributed by atoms with Gasteiger partial charge >= 0.3 is 6.09 Å². The number of amides is 1. The number of likely N-dealkylation sites (tertiary alicyclic amines) is 1. The second kappa shape index (κ2) is 10.2. The molecule has 0 bridgehead atoms. The SMILES string of the molecule is CN1CCCN(CCCOc2ccc3c(C4CCN(C(=O)O)CC4)ncnc3c2)CC1. The van der Waals surface area contributed by atoms with E-state index in [1.165, 1.54) is 24.4 Å². The summed E-state index contributed by atoms with van der Waals surface area (Å²) in [4.78, 5) is 26.6. The molecule has 2 fully saturated rings. The minimum Gasteiger partial charge on any atom is -0.493 e. The third-order valence-corrected chi connectivity index (χ3v) is 6.49. The van der Waals surface area contributed by atoms with Crippen LogP contribution in [0.3, 0.4) is 0 Å². The number of benzene rings is 1. The van der Waals surface area contributed by atoms with Crippen molar-refractivity contribution in [1.29, 1.82) is 0 Å². The van der Waals surface area contributed by atoms with Gasteiger partial charge in [-0.1, -0.05) is 0 Å². The lowest BCUT2D eigenvalue weighted by atomic mass is 9.91. The van der Waals surface area contributed by atoms with Crippen LogP contribution in [0.4, 0.5) is 4.79 Å². The van der Waals surface area contributed by atoms with Crippen molar-refractivity contribution in [3.8, 4) is 5.75 Å². The van der Waals surface area contributed by atoms with Gasteiger partial charge in [-0.3, -0.25) is 0 Å². The second-order valence-corrected chi connectivity index (χ2v) is 8.68. The van der Waals surface area contributed by atoms with Crippen molar-refractivity contribution in [3.05, 3.63) is 30.2 Å². The van der Waals surface area contributed by atoms with Crippen molar-refractivity contribution in [1.82, 2.24) is 24.7 Å². The van der Waals surface area contributed by atoms with E-state index in [2.05, 4.69) is 26.8 Å². The van der Waals surface area contributed by atoms with E-state index in [1.54, 1.807) is 6.33 Å². The summed E-state index contributed by atoms with van der Waals surface area (Å²) in [5.74, 6) is 1.11. The lowest BCUT2D eigenvalue weighted by Gasteiger charge is -2.30. The van der Waals surface area contributed by atoms with Gasteiger partial charge in [0.2, 0.25) is 0 Å². The van der Waals surface area contributed by atoms with E-state index >= 15 is 0 Å². The third kappa shape index (κ3) is 5.62. The first-order valence-corrected chi connectivity index (χ1v) is 11.4. The molecule has 1 aromatic carbocycles. The molecule has 31 heavy (non-hydrogen) atoms. The molecule has 2 aliphatic heterocycles. The quantitative estimate of drug-likeness (QED) is 0.710. The molecule has 2 aromatic rings. The summed E-state index contributed by atoms with van der Waals surface area (Å²) in [5, 5.41) is 10.2. The fourth-order valence-corrected chi connectivity index (χ4v) is 4.62. The van der Waals surface area contributed by atoms with Gasteiger partial charge in [-0.15, -0.1) is 0 Å². The Labute approximate surface area is 183 Å². The molecule has 1 amide bonds. The molecule has 0 saturated carbocycles. The van der Waals surface area contributed by atoms with E-state index in [-0.39, 0.29) is 5.92 Å². The number of nitrogens with zero attached hydrogens (tertiary/aromatic N) is 5. The molecule has 1 N–H and O–H groups in total. The molecule has 0 unspecified atom stereocenters. The summed E-state index contributed by atoms with van der Waals surface area (Å²) in [6, 6.07) is 6.05. The van der Waals surface area contributed by atoms with E-state index in [0.717, 1.165) is 61.2 Å². The standard InChI is InChI=1S/C23H33N5O3/c1-26-8-2-9-27(14-13-26)10-3-15-31-19-4-5-20-21(16-19)24-17-25-22(20)18-6-11-28(12-7-18)23(29)30/h4-5,16-18H,2-3,6-15H2,1H3,(H,29,30). The maximum absolute atomic E-state index is 11.2. The minimum absolute atomic E-state index is 0.264. The highest BCUT2D eigenvalue weighted by molar-refractivity contribution is 5.82. The summed E-state index contributed by atoms with van der Waals surface area (Å²) in [6.07, 6.45) is 4.61. The van der Waals surface area contributed by atoms with Crippen LogP contribution in [0.1, 0.15) is 37.3 Å². The molecule has 168 valence electrons. The molecule has 2 saturated heterocycles. The number of carbonyl (C=O) groups is 1. The zero-order valence-electron chi connectivity index (χ0n) is 18.4. The molecular formula is C23H33N5O3. The van der Waals surface area contributed by atoms with Crippen molar-refractivity contribution in [2.24, 2.45) is 0 Å². The van der Waals surface area contributed by atoms with Crippen LogP contribution in [0.2, 0.25) is 0 Å². The average molecular weight is 428 g/mol. The van der Waals surface area contributed by atoms with E-state index < -0.39 is 6.09 Å². The number of hydrogen-bond donors (Lipinski definition) is 1. The third-order valence-electron chi connectivity index (χ3n) is 6.49. The fraction of sp³-hybridized carbons (Fsp3) is 0.609. The zero-order chi connectivity index (χ0) is 21.6. The number of rotatable bonds is 6. The van der Waals surface area contributed by atoms with E-state index in [0.29, 0.717) is 19.7 Å². The van der Waals surface area contributed by atoms with E-state index in [9.17, 15) is 4.79 Å². The van der Waals surface area contributed by atoms with Gasteiger partial charge in [-0.05, 0) is 58.0 Å². The van der Waals surface area contributed by atoms with Gasteiger partial charge in [0, 0.05) is 50.1 Å². The number of fused-ring (bicyclic) bond motifs is 1. The maximum Gasteiger partial charge on any atom is 0.407 e. The first-order valence-electron chi connectivity index (χ1n) is 11.4. The van der Waals surface area contributed by atoms with Crippen LogP contribution >= 0.6 is 0 Å². The van der Waals surface area contributed by atoms with Crippen molar-refractivity contribution in [2.75, 3.05) is 59.5 Å². The molecule has 0 atom stereocenters. The number of likely N-dealkylation sites (N-methyl/N-ethyl adjacent to an activating group) is 1. The van der Waals surface area contributed by atoms with Crippen molar-refractivity contribution >= 4 is 17.0 Å². The number of hydrogen-bond acceptors (Lipinski definition) is 6. The summed E-state index contributed by atoms with van der Waals surface area (Å²) < 4.78 is 6.01. The van der Waals surface area contributed by atoms with Crippen molar-refractivity contribution in [3.63, 3.8) is 0 Å². The highest BCUT2D eigenvalue weighted by Crippen LogP contribution is 2.32. The van der Waals surface area contributed by atoms with Gasteiger partial charge in [0.1, 0.15) is 12.1 Å². The molecule has 0 aliphatic carbocycles. The fourth-order valence-electron chi connectivity index (χ4n) is 4.62. The Morgan fingerprint density at radius 2 is 1.97 bits per heavy atom. The number of piperidine rings is 1. The van der Waals surface area contributed by atoms with E-state index in [1.807, 2.05) is 18.2 Å². The smallest absolute Gasteiger partial charge is 0.407 e. The highest BCUT2D eigenvalue weighted by Gasteiger charge is 2.25. The molecule has 2 aliphatic rings. The van der Waals surface area contributed by atoms with Crippen LogP contribution < -0.4 is 4.74 Å². The van der Waals surface area contributed by atoms with Crippen LogP contribution in [0.5, 0.6) is 5.75 Å². The summed E-state index contributed by atoms with van der Waals surface area (Å²) in [7, 11) is 2.19. The first kappa shape index (κ1) is 21.8. The molecule has 8 nitrogen and oxygen atoms in total. The summed E-state index contributed by atoms with van der Waals surface area (Å²) in [6.45, 7) is 7.52. The Morgan fingerprint density at radius 3 is 2.77 bits per heavy atom. The summed E-state index contributed by atoms with van der Waals surface area (Å²) >= 11 is 0. The van der Waals surface area contributed by atoms with Crippen LogP contribution in [0, 0.1) is 0 Å². The first-order chi connectivity index (χ1) is 15.1. The monoisotopic (exact) mass is 427 g/mol. The van der Waals surface area contributed by atoms with Gasteiger partial charge in [0.05, 0.1) is 17.8 Å². The topological polar surface area (TPSA) is 82.0 Å². The summed E-state index contributed by atoms with van der Waals surface area (Å²) in [5.41, 5.74) is 1.91. The van der Waals surface area contributed by atoms with Crippen LogP contribution in [-0.4, -0.2) is 95.3 Å². The highest BCUT2D eigenvalue weighted by atomic mass is 16.5. The Balaban J connectivity index is 1.32. The van der Waals surface area contributed by atoms with Gasteiger partial charge in [-0.2, -0.15) is 0 Å². The van der Waals surface area contributed by atoms with Gasteiger partial charge in [0.25, 0.3) is 0 Å². The van der Waals surface area contributed by atoms with Crippen LogP contribution in [0.25, 0.3) is 10.9 Å². The Kier molecular flexibility index (Phi) is 7.19. The second-order valence-electron chi connectivity index (χ2n) is 8.68. The molecular weight excluding hydrogens is 394 g/mol. The molecule has 0 spiro atoms. The molecule has 8 heteroatoms. The maximum atomic E-state index is 11.2. The molecule has 4 rings (SSSR count). The normalized spacial score (nSPS) is 19.5. The largest absolute Gasteiger partial charge is 0.493 e. The predicted molar refractivity (Wildman–Crippen MR) is 120 cm³/mol. The van der Waals surface area contributed by atoms with Crippen molar-refractivity contribution < 1.29 is 14.6 Å². The predicted octanol–water partition coefficient (Wildman–Crippen LogP) is 2.89. The van der Waals surface area contributed by atoms with Crippen LogP contribution in [-0.2, 0) is 0 Å². The number of ether oxygens (including phenoxy) is 1. The van der Waals surface area contributed by atoms with E-state index in [4.69, 9.17) is 9.84 Å². The van der Waals surface area contributed by atoms with Gasteiger partial charge in [0.15, 0.2) is 0 Å². The lowest BCUT2D eigenvalue weighted by Crippen LogP contribution is -2.37. The van der Waals surface area contributed by atoms with Crippen molar-refractivity contribution in [2.45, 2.75) is 31.6 Å². The Bertz CT molecular complexity index is 885. The Morgan fingerprint density at radius 1 is 1.13 bits per heavy atom. The zero-order valence-corrected chi connectivity index (χ0v) is 18.4. The number of aromatic nitrogens is 2. The molecule has 3 heterocycles. The van der Waals surface area contributed by atoms with Gasteiger partial charge in [-0.25, -0.2) is 14.8 Å². The molecule has 1 aromatic heterocycles.